The molecule has 0 bridgehead atoms. The number of halogens is 2. The van der Waals surface area contributed by atoms with Crippen LogP contribution in [0.2, 0.25) is 10.0 Å². The Morgan fingerprint density at radius 3 is 2.47 bits per heavy atom. The highest BCUT2D eigenvalue weighted by atomic mass is 35.5. The molecule has 2 aromatic heterocycles. The van der Waals surface area contributed by atoms with E-state index in [0.29, 0.717) is 47.5 Å². The van der Waals surface area contributed by atoms with Crippen molar-refractivity contribution in [2.75, 3.05) is 26.2 Å². The first-order chi connectivity index (χ1) is 17.9. The lowest BCUT2D eigenvalue weighted by Crippen LogP contribution is -2.51. The fourth-order valence-electron chi connectivity index (χ4n) is 5.12. The predicted molar refractivity (Wildman–Crippen MR) is 148 cm³/mol. The number of nitrogens with zero attached hydrogens (tertiary/aromatic N) is 4. The van der Waals surface area contributed by atoms with Gasteiger partial charge in [-0.1, -0.05) is 29.3 Å². The van der Waals surface area contributed by atoms with Gasteiger partial charge in [0.05, 0.1) is 35.0 Å². The van der Waals surface area contributed by atoms with Gasteiger partial charge in [-0.2, -0.15) is 0 Å². The zero-order valence-electron chi connectivity index (χ0n) is 21.8. The van der Waals surface area contributed by atoms with Crippen LogP contribution >= 0.6 is 23.2 Å². The SMILES string of the molecule is CC(C)(C)OC(=O)N1CCN([C@@H]2c3ccc(Cl)cc3C(C(C)(O)c3cnc[nH]3)=Cc3cc(Cl)cnc32)CC1. The molecule has 2 atom stereocenters. The number of nitrogens with one attached hydrogen (secondary N) is 1. The number of carbonyl (C=O) groups is 1. The number of imidazole rings is 1. The van der Waals surface area contributed by atoms with Crippen LogP contribution in [-0.2, 0) is 10.3 Å². The van der Waals surface area contributed by atoms with E-state index >= 15 is 0 Å². The number of hydrogen-bond donors (Lipinski definition) is 2. The predicted octanol–water partition coefficient (Wildman–Crippen LogP) is 5.52. The van der Waals surface area contributed by atoms with Crippen molar-refractivity contribution in [2.45, 2.75) is 44.9 Å². The molecule has 1 unspecified atom stereocenters. The van der Waals surface area contributed by atoms with Gasteiger partial charge < -0.3 is 19.7 Å². The fraction of sp³-hybridized carbons (Fsp3) is 0.393. The molecule has 3 aromatic rings. The molecular weight excluding hydrogens is 525 g/mol. The van der Waals surface area contributed by atoms with Gasteiger partial charge in [0.1, 0.15) is 11.2 Å². The van der Waals surface area contributed by atoms with E-state index in [0.717, 1.165) is 22.4 Å². The van der Waals surface area contributed by atoms with Crippen LogP contribution in [0.15, 0.2) is 43.0 Å². The number of benzene rings is 1. The second-order valence-electron chi connectivity index (χ2n) is 10.9. The molecule has 0 radical (unpaired) electrons. The van der Waals surface area contributed by atoms with Crippen molar-refractivity contribution < 1.29 is 14.6 Å². The number of rotatable bonds is 3. The minimum absolute atomic E-state index is 0.248. The highest BCUT2D eigenvalue weighted by Gasteiger charge is 2.39. The summed E-state index contributed by atoms with van der Waals surface area (Å²) in [5.74, 6) is 0. The summed E-state index contributed by atoms with van der Waals surface area (Å²) in [5.41, 5.74) is 2.64. The summed E-state index contributed by atoms with van der Waals surface area (Å²) in [7, 11) is 0. The van der Waals surface area contributed by atoms with Crippen molar-refractivity contribution in [3.8, 4) is 0 Å². The number of pyridine rings is 1. The maximum Gasteiger partial charge on any atom is 0.410 e. The van der Waals surface area contributed by atoms with Crippen LogP contribution in [0.3, 0.4) is 0 Å². The minimum atomic E-state index is -1.40. The van der Waals surface area contributed by atoms with Crippen LogP contribution in [-0.4, -0.2) is 67.7 Å². The zero-order chi connectivity index (χ0) is 27.2. The Balaban J connectivity index is 1.58. The molecule has 1 fully saturated rings. The average Bonchev–Trinajstić information content (AvgIpc) is 3.36. The van der Waals surface area contributed by atoms with E-state index in [2.05, 4.69) is 14.9 Å². The molecule has 1 aliphatic carbocycles. The molecule has 5 rings (SSSR count). The van der Waals surface area contributed by atoms with Gasteiger partial charge >= 0.3 is 6.09 Å². The lowest BCUT2D eigenvalue weighted by molar-refractivity contribution is 0.0117. The maximum absolute atomic E-state index is 12.7. The third kappa shape index (κ3) is 5.18. The summed E-state index contributed by atoms with van der Waals surface area (Å²) >= 11 is 12.9. The highest BCUT2D eigenvalue weighted by Crippen LogP contribution is 2.46. The summed E-state index contributed by atoms with van der Waals surface area (Å²) in [6, 6.07) is 7.34. The molecule has 200 valence electrons. The number of H-pyrrole nitrogens is 1. The van der Waals surface area contributed by atoms with E-state index in [1.54, 1.807) is 30.5 Å². The standard InChI is InChI=1S/C28H31Cl2N5O3/c1-27(2,3)38-26(36)35-9-7-34(8-10-35)25-20-6-5-18(29)13-21(20)22(28(4,37)23-15-31-16-33-23)12-17-11-19(30)14-32-24(17)25/h5-6,11-16,25,37H,7-10H2,1-4H3,(H,31,33)/t25-,28?/m1/s1. The molecule has 8 nitrogen and oxygen atoms in total. The summed E-state index contributed by atoms with van der Waals surface area (Å²) in [6.45, 7) is 9.59. The summed E-state index contributed by atoms with van der Waals surface area (Å²) in [4.78, 5) is 28.7. The number of ether oxygens (including phenoxy) is 1. The van der Waals surface area contributed by atoms with E-state index in [4.69, 9.17) is 32.9 Å². The lowest BCUT2D eigenvalue weighted by atomic mass is 9.84. The number of amides is 1. The summed E-state index contributed by atoms with van der Waals surface area (Å²) in [5, 5.41) is 12.9. The van der Waals surface area contributed by atoms with Gasteiger partial charge in [0, 0.05) is 37.4 Å². The topological polar surface area (TPSA) is 94.6 Å². The maximum atomic E-state index is 12.7. The van der Waals surface area contributed by atoms with Crippen LogP contribution < -0.4 is 0 Å². The monoisotopic (exact) mass is 555 g/mol. The van der Waals surface area contributed by atoms with Gasteiger partial charge in [0.25, 0.3) is 0 Å². The normalized spacial score (nSPS) is 19.6. The van der Waals surface area contributed by atoms with Gasteiger partial charge in [-0.3, -0.25) is 9.88 Å². The fourth-order valence-corrected chi connectivity index (χ4v) is 5.46. The number of aromatic nitrogens is 3. The van der Waals surface area contributed by atoms with Crippen LogP contribution in [0.4, 0.5) is 4.79 Å². The molecule has 2 N–H and O–H groups in total. The molecule has 38 heavy (non-hydrogen) atoms. The Bertz CT molecular complexity index is 1370. The number of piperazine rings is 1. The number of aliphatic hydroxyl groups is 1. The first kappa shape index (κ1) is 26.7. The van der Waals surface area contributed by atoms with E-state index < -0.39 is 11.2 Å². The number of carbonyl (C=O) groups excluding carboxylic acids is 1. The summed E-state index contributed by atoms with van der Waals surface area (Å²) < 4.78 is 5.59. The third-order valence-electron chi connectivity index (χ3n) is 6.95. The second-order valence-corrected chi connectivity index (χ2v) is 11.7. The zero-order valence-corrected chi connectivity index (χ0v) is 23.3. The number of aromatic amines is 1. The van der Waals surface area contributed by atoms with Crippen LogP contribution in [0.1, 0.15) is 61.8 Å². The van der Waals surface area contributed by atoms with Gasteiger partial charge in [0.2, 0.25) is 0 Å². The highest BCUT2D eigenvalue weighted by molar-refractivity contribution is 6.31. The number of hydrogen-bond acceptors (Lipinski definition) is 6. The van der Waals surface area contributed by atoms with Crippen molar-refractivity contribution in [2.24, 2.45) is 0 Å². The Hall–Kier alpha value is -2.91. The van der Waals surface area contributed by atoms with Gasteiger partial charge in [-0.15, -0.1) is 0 Å². The Labute approximate surface area is 232 Å². The molecular formula is C28H31Cl2N5O3. The van der Waals surface area contributed by atoms with E-state index in [-0.39, 0.29) is 12.1 Å². The van der Waals surface area contributed by atoms with Crippen molar-refractivity contribution in [3.05, 3.63) is 81.1 Å². The van der Waals surface area contributed by atoms with Gasteiger partial charge in [-0.05, 0) is 74.2 Å². The largest absolute Gasteiger partial charge is 0.444 e. The number of fused-ring (bicyclic) bond motifs is 2. The van der Waals surface area contributed by atoms with E-state index in [1.807, 2.05) is 51.1 Å². The Kier molecular flexibility index (Phi) is 7.02. The van der Waals surface area contributed by atoms with Gasteiger partial charge in [0.15, 0.2) is 0 Å². The average molecular weight is 556 g/mol. The van der Waals surface area contributed by atoms with Crippen molar-refractivity contribution in [1.82, 2.24) is 24.8 Å². The van der Waals surface area contributed by atoms with Crippen LogP contribution in [0.25, 0.3) is 11.6 Å². The molecule has 1 aliphatic heterocycles. The third-order valence-corrected chi connectivity index (χ3v) is 7.40. The smallest absolute Gasteiger partial charge is 0.410 e. The molecule has 3 heterocycles. The molecule has 1 amide bonds. The lowest BCUT2D eigenvalue weighted by Gasteiger charge is -2.40. The van der Waals surface area contributed by atoms with Crippen molar-refractivity contribution >= 4 is 40.9 Å². The van der Waals surface area contributed by atoms with E-state index in [1.165, 1.54) is 0 Å². The quantitative estimate of drug-likeness (QED) is 0.442. The van der Waals surface area contributed by atoms with Gasteiger partial charge in [-0.25, -0.2) is 9.78 Å². The Morgan fingerprint density at radius 2 is 1.82 bits per heavy atom. The van der Waals surface area contributed by atoms with Crippen molar-refractivity contribution in [1.29, 1.82) is 0 Å². The minimum Gasteiger partial charge on any atom is -0.444 e. The Morgan fingerprint density at radius 1 is 1.08 bits per heavy atom. The molecule has 1 aromatic carbocycles. The van der Waals surface area contributed by atoms with Crippen LogP contribution in [0.5, 0.6) is 0 Å². The molecule has 2 aliphatic rings. The first-order valence-corrected chi connectivity index (χ1v) is 13.3. The summed E-state index contributed by atoms with van der Waals surface area (Å²) in [6.07, 6.45) is 6.42. The van der Waals surface area contributed by atoms with Crippen molar-refractivity contribution in [3.63, 3.8) is 0 Å². The van der Waals surface area contributed by atoms with E-state index in [9.17, 15) is 9.90 Å². The van der Waals surface area contributed by atoms with Crippen LogP contribution in [0, 0.1) is 0 Å². The molecule has 0 spiro atoms. The first-order valence-electron chi connectivity index (χ1n) is 12.5. The molecule has 10 heteroatoms. The molecule has 0 saturated carbocycles. The molecule has 1 saturated heterocycles. The second kappa shape index (κ2) is 10.0.